The van der Waals surface area contributed by atoms with Gasteiger partial charge in [-0.1, -0.05) is 12.1 Å². The predicted octanol–water partition coefficient (Wildman–Crippen LogP) is 2.49. The molecule has 0 aliphatic carbocycles. The van der Waals surface area contributed by atoms with Crippen molar-refractivity contribution in [3.05, 3.63) is 29.8 Å². The molecule has 1 aromatic rings. The van der Waals surface area contributed by atoms with Crippen molar-refractivity contribution in [3.63, 3.8) is 0 Å². The first-order valence-corrected chi connectivity index (χ1v) is 5.58. The maximum absolute atomic E-state index is 11.9. The second-order valence-electron chi connectivity index (χ2n) is 3.82. The molecule has 0 radical (unpaired) electrons. The topological polar surface area (TPSA) is 44.5 Å². The lowest BCUT2D eigenvalue weighted by molar-refractivity contribution is -0.274. The molecular formula is C12H16F3NO2. The smallest absolute Gasteiger partial charge is 0.406 e. The van der Waals surface area contributed by atoms with E-state index in [4.69, 9.17) is 10.5 Å². The largest absolute Gasteiger partial charge is 0.573 e. The SMILES string of the molecule is CCOCC(N)Cc1ccc(OC(F)(F)F)cc1. The van der Waals surface area contributed by atoms with Gasteiger partial charge in [-0.2, -0.15) is 0 Å². The minimum Gasteiger partial charge on any atom is -0.406 e. The number of halogens is 3. The van der Waals surface area contributed by atoms with Gasteiger partial charge in [0.25, 0.3) is 0 Å². The maximum Gasteiger partial charge on any atom is 0.573 e. The molecule has 0 heterocycles. The van der Waals surface area contributed by atoms with Gasteiger partial charge in [0, 0.05) is 12.6 Å². The van der Waals surface area contributed by atoms with Gasteiger partial charge in [0.2, 0.25) is 0 Å². The van der Waals surface area contributed by atoms with Gasteiger partial charge in [0.15, 0.2) is 0 Å². The van der Waals surface area contributed by atoms with Gasteiger partial charge >= 0.3 is 6.36 Å². The third-order valence-corrected chi connectivity index (χ3v) is 2.19. The highest BCUT2D eigenvalue weighted by atomic mass is 19.4. The molecule has 1 unspecified atom stereocenters. The van der Waals surface area contributed by atoms with E-state index in [1.165, 1.54) is 12.1 Å². The van der Waals surface area contributed by atoms with Crippen LogP contribution in [0.1, 0.15) is 12.5 Å². The highest BCUT2D eigenvalue weighted by Gasteiger charge is 2.30. The lowest BCUT2D eigenvalue weighted by Gasteiger charge is -2.12. The summed E-state index contributed by atoms with van der Waals surface area (Å²) in [6.45, 7) is 2.89. The summed E-state index contributed by atoms with van der Waals surface area (Å²) in [6, 6.07) is 5.51. The van der Waals surface area contributed by atoms with Crippen LogP contribution in [0.2, 0.25) is 0 Å². The number of alkyl halides is 3. The number of rotatable bonds is 6. The molecule has 0 spiro atoms. The predicted molar refractivity (Wildman–Crippen MR) is 61.3 cm³/mol. The summed E-state index contributed by atoms with van der Waals surface area (Å²) in [5, 5.41) is 0. The molecule has 0 fully saturated rings. The summed E-state index contributed by atoms with van der Waals surface area (Å²) in [6.07, 6.45) is -4.11. The molecule has 1 rings (SSSR count). The van der Waals surface area contributed by atoms with Crippen LogP contribution < -0.4 is 10.5 Å². The number of hydrogen-bond donors (Lipinski definition) is 1. The fourth-order valence-electron chi connectivity index (χ4n) is 1.46. The minimum atomic E-state index is -4.66. The zero-order valence-electron chi connectivity index (χ0n) is 10.0. The van der Waals surface area contributed by atoms with Crippen LogP contribution in [0.15, 0.2) is 24.3 Å². The average molecular weight is 263 g/mol. The van der Waals surface area contributed by atoms with Crippen molar-refractivity contribution in [1.82, 2.24) is 0 Å². The summed E-state index contributed by atoms with van der Waals surface area (Å²) >= 11 is 0. The molecule has 0 aliphatic rings. The van der Waals surface area contributed by atoms with E-state index < -0.39 is 6.36 Å². The quantitative estimate of drug-likeness (QED) is 0.857. The third-order valence-electron chi connectivity index (χ3n) is 2.19. The number of hydrogen-bond acceptors (Lipinski definition) is 3. The molecule has 0 aromatic heterocycles. The Labute approximate surface area is 104 Å². The van der Waals surface area contributed by atoms with Crippen molar-refractivity contribution < 1.29 is 22.6 Å². The van der Waals surface area contributed by atoms with Crippen molar-refractivity contribution >= 4 is 0 Å². The molecule has 3 nitrogen and oxygen atoms in total. The summed E-state index contributed by atoms with van der Waals surface area (Å²) in [5.74, 6) is -0.232. The summed E-state index contributed by atoms with van der Waals surface area (Å²) in [5.41, 5.74) is 6.64. The summed E-state index contributed by atoms with van der Waals surface area (Å²) < 4.78 is 44.7. The first-order chi connectivity index (χ1) is 8.40. The third kappa shape index (κ3) is 5.88. The minimum absolute atomic E-state index is 0.167. The molecule has 0 saturated heterocycles. The second kappa shape index (κ2) is 6.61. The fourth-order valence-corrected chi connectivity index (χ4v) is 1.46. The molecule has 2 N–H and O–H groups in total. The highest BCUT2D eigenvalue weighted by Crippen LogP contribution is 2.22. The molecule has 1 aromatic carbocycles. The molecule has 0 aliphatic heterocycles. The standard InChI is InChI=1S/C12H16F3NO2/c1-2-17-8-10(16)7-9-3-5-11(6-4-9)18-12(13,14)15/h3-6,10H,2,7-8,16H2,1H3. The van der Waals surface area contributed by atoms with Crippen LogP contribution in [0, 0.1) is 0 Å². The second-order valence-corrected chi connectivity index (χ2v) is 3.82. The Morgan fingerprint density at radius 3 is 2.33 bits per heavy atom. The van der Waals surface area contributed by atoms with Gasteiger partial charge in [-0.3, -0.25) is 0 Å². The lowest BCUT2D eigenvalue weighted by Crippen LogP contribution is -2.28. The number of nitrogens with two attached hydrogens (primary N) is 1. The summed E-state index contributed by atoms with van der Waals surface area (Å²) in [4.78, 5) is 0. The van der Waals surface area contributed by atoms with Gasteiger partial charge in [0.1, 0.15) is 5.75 Å². The Hall–Kier alpha value is -1.27. The van der Waals surface area contributed by atoms with Crippen molar-refractivity contribution in [2.24, 2.45) is 5.73 Å². The Morgan fingerprint density at radius 2 is 1.83 bits per heavy atom. The highest BCUT2D eigenvalue weighted by molar-refractivity contribution is 5.27. The van der Waals surface area contributed by atoms with E-state index in [0.717, 1.165) is 5.56 Å². The van der Waals surface area contributed by atoms with Crippen molar-refractivity contribution in [2.45, 2.75) is 25.7 Å². The van der Waals surface area contributed by atoms with Gasteiger partial charge in [-0.05, 0) is 31.0 Å². The van der Waals surface area contributed by atoms with Crippen LogP contribution in [0.25, 0.3) is 0 Å². The molecule has 0 saturated carbocycles. The maximum atomic E-state index is 11.9. The van der Waals surface area contributed by atoms with E-state index in [0.29, 0.717) is 19.6 Å². The van der Waals surface area contributed by atoms with E-state index in [9.17, 15) is 13.2 Å². The van der Waals surface area contributed by atoms with Crippen molar-refractivity contribution in [2.75, 3.05) is 13.2 Å². The Morgan fingerprint density at radius 1 is 1.22 bits per heavy atom. The summed E-state index contributed by atoms with van der Waals surface area (Å²) in [7, 11) is 0. The molecule has 0 amide bonds. The normalized spacial score (nSPS) is 13.4. The van der Waals surface area contributed by atoms with E-state index in [-0.39, 0.29) is 11.8 Å². The van der Waals surface area contributed by atoms with E-state index >= 15 is 0 Å². The Bertz CT molecular complexity index is 351. The van der Waals surface area contributed by atoms with E-state index in [1.807, 2.05) is 6.92 Å². The van der Waals surface area contributed by atoms with Crippen LogP contribution in [0.3, 0.4) is 0 Å². The van der Waals surface area contributed by atoms with Gasteiger partial charge in [0.05, 0.1) is 6.61 Å². The van der Waals surface area contributed by atoms with Gasteiger partial charge in [-0.25, -0.2) is 0 Å². The molecule has 18 heavy (non-hydrogen) atoms. The lowest BCUT2D eigenvalue weighted by atomic mass is 10.1. The molecule has 102 valence electrons. The first kappa shape index (κ1) is 14.8. The zero-order valence-corrected chi connectivity index (χ0v) is 10.0. The zero-order chi connectivity index (χ0) is 13.6. The average Bonchev–Trinajstić information content (AvgIpc) is 2.27. The van der Waals surface area contributed by atoms with Crippen LogP contribution in [-0.2, 0) is 11.2 Å². The van der Waals surface area contributed by atoms with Crippen molar-refractivity contribution in [3.8, 4) is 5.75 Å². The monoisotopic (exact) mass is 263 g/mol. The molecule has 6 heteroatoms. The molecule has 0 bridgehead atoms. The van der Waals surface area contributed by atoms with Crippen LogP contribution >= 0.6 is 0 Å². The van der Waals surface area contributed by atoms with Crippen molar-refractivity contribution in [1.29, 1.82) is 0 Å². The van der Waals surface area contributed by atoms with Crippen LogP contribution in [0.5, 0.6) is 5.75 Å². The molecular weight excluding hydrogens is 247 g/mol. The van der Waals surface area contributed by atoms with E-state index in [2.05, 4.69) is 4.74 Å². The molecule has 1 atom stereocenters. The Balaban J connectivity index is 2.50. The fraction of sp³-hybridized carbons (Fsp3) is 0.500. The van der Waals surface area contributed by atoms with Crippen LogP contribution in [-0.4, -0.2) is 25.6 Å². The number of benzene rings is 1. The Kier molecular flexibility index (Phi) is 5.43. The first-order valence-electron chi connectivity index (χ1n) is 5.58. The van der Waals surface area contributed by atoms with Gasteiger partial charge in [-0.15, -0.1) is 13.2 Å². The van der Waals surface area contributed by atoms with Crippen LogP contribution in [0.4, 0.5) is 13.2 Å². The van der Waals surface area contributed by atoms with E-state index in [1.54, 1.807) is 12.1 Å². The number of ether oxygens (including phenoxy) is 2. The van der Waals surface area contributed by atoms with Gasteiger partial charge < -0.3 is 15.2 Å².